The van der Waals surface area contributed by atoms with Gasteiger partial charge in [0.25, 0.3) is 5.91 Å². The fourth-order valence-corrected chi connectivity index (χ4v) is 4.49. The second-order valence-electron chi connectivity index (χ2n) is 6.55. The molecule has 2 aromatic rings. The Bertz CT molecular complexity index is 1040. The summed E-state index contributed by atoms with van der Waals surface area (Å²) in [7, 11) is -3.87. The summed E-state index contributed by atoms with van der Waals surface area (Å²) >= 11 is 0. The van der Waals surface area contributed by atoms with Crippen molar-refractivity contribution >= 4 is 21.6 Å². The number of amides is 1. The Morgan fingerprint density at radius 2 is 1.72 bits per heavy atom. The topological polar surface area (TPSA) is 84.9 Å². The molecule has 32 heavy (non-hydrogen) atoms. The summed E-state index contributed by atoms with van der Waals surface area (Å²) in [5.41, 5.74) is -0.718. The van der Waals surface area contributed by atoms with E-state index in [9.17, 15) is 26.4 Å². The van der Waals surface area contributed by atoms with Crippen LogP contribution in [0.4, 0.5) is 18.9 Å². The molecule has 0 heterocycles. The zero-order valence-electron chi connectivity index (χ0n) is 17.9. The van der Waals surface area contributed by atoms with Crippen LogP contribution in [0.1, 0.15) is 26.3 Å². The first kappa shape index (κ1) is 25.5. The van der Waals surface area contributed by atoms with E-state index in [2.05, 4.69) is 5.32 Å². The molecule has 0 aliphatic rings. The van der Waals surface area contributed by atoms with Gasteiger partial charge in [0.2, 0.25) is 10.0 Å². The van der Waals surface area contributed by atoms with Gasteiger partial charge in [-0.3, -0.25) is 4.79 Å². The highest BCUT2D eigenvalue weighted by Gasteiger charge is 2.30. The minimum atomic E-state index is -4.53. The lowest BCUT2D eigenvalue weighted by Crippen LogP contribution is -2.31. The van der Waals surface area contributed by atoms with E-state index in [4.69, 9.17) is 9.47 Å². The number of hydrogen-bond acceptors (Lipinski definition) is 5. The summed E-state index contributed by atoms with van der Waals surface area (Å²) in [4.78, 5) is 12.1. The first-order valence-corrected chi connectivity index (χ1v) is 11.3. The highest BCUT2D eigenvalue weighted by Crippen LogP contribution is 2.32. The third-order valence-corrected chi connectivity index (χ3v) is 6.45. The largest absolute Gasteiger partial charge is 0.492 e. The lowest BCUT2D eigenvalue weighted by molar-refractivity contribution is -0.137. The van der Waals surface area contributed by atoms with Crippen LogP contribution in [0.2, 0.25) is 0 Å². The SMILES string of the molecule is CCOc1ccc(NC(=O)COc2cccc(C(F)(F)F)c2)cc1S(=O)(=O)N(CC)CC. The quantitative estimate of drug-likeness (QED) is 0.559. The Morgan fingerprint density at radius 3 is 2.31 bits per heavy atom. The Morgan fingerprint density at radius 1 is 1.03 bits per heavy atom. The summed E-state index contributed by atoms with van der Waals surface area (Å²) in [5.74, 6) is -0.637. The van der Waals surface area contributed by atoms with Crippen molar-refractivity contribution in [2.75, 3.05) is 31.6 Å². The van der Waals surface area contributed by atoms with Crippen molar-refractivity contribution in [1.29, 1.82) is 0 Å². The third-order valence-electron chi connectivity index (χ3n) is 4.38. The normalized spacial score (nSPS) is 12.0. The molecule has 0 unspecified atom stereocenters. The van der Waals surface area contributed by atoms with E-state index in [0.29, 0.717) is 0 Å². The van der Waals surface area contributed by atoms with Gasteiger partial charge in [-0.15, -0.1) is 0 Å². The van der Waals surface area contributed by atoms with Crippen LogP contribution in [-0.2, 0) is 21.0 Å². The number of ether oxygens (including phenoxy) is 2. The second kappa shape index (κ2) is 10.7. The Balaban J connectivity index is 2.18. The number of rotatable bonds is 10. The maximum Gasteiger partial charge on any atom is 0.416 e. The Labute approximate surface area is 185 Å². The number of nitrogens with one attached hydrogen (secondary N) is 1. The van der Waals surface area contributed by atoms with E-state index in [1.807, 2.05) is 0 Å². The monoisotopic (exact) mass is 474 g/mol. The number of hydrogen-bond donors (Lipinski definition) is 1. The molecule has 11 heteroatoms. The number of halogens is 3. The van der Waals surface area contributed by atoms with Crippen molar-refractivity contribution in [2.24, 2.45) is 0 Å². The van der Waals surface area contributed by atoms with E-state index in [1.54, 1.807) is 20.8 Å². The molecule has 0 fully saturated rings. The summed E-state index contributed by atoms with van der Waals surface area (Å²) < 4.78 is 76.1. The molecule has 0 aromatic heterocycles. The van der Waals surface area contributed by atoms with Crippen molar-refractivity contribution < 1.29 is 35.9 Å². The first-order chi connectivity index (χ1) is 15.0. The maximum absolute atomic E-state index is 13.0. The highest BCUT2D eigenvalue weighted by atomic mass is 32.2. The minimum Gasteiger partial charge on any atom is -0.492 e. The fourth-order valence-electron chi connectivity index (χ4n) is 2.87. The molecular formula is C21H25F3N2O5S. The van der Waals surface area contributed by atoms with E-state index < -0.39 is 34.3 Å². The maximum atomic E-state index is 13.0. The summed E-state index contributed by atoms with van der Waals surface area (Å²) in [6.45, 7) is 5.33. The average Bonchev–Trinajstić information content (AvgIpc) is 2.74. The van der Waals surface area contributed by atoms with Gasteiger partial charge in [-0.05, 0) is 43.3 Å². The van der Waals surface area contributed by atoms with Gasteiger partial charge in [-0.2, -0.15) is 17.5 Å². The van der Waals surface area contributed by atoms with Crippen LogP contribution in [0.5, 0.6) is 11.5 Å². The number of sulfonamides is 1. The third kappa shape index (κ3) is 6.36. The standard InChI is InChI=1S/C21H25F3N2O5S/c1-4-26(5-2)32(28,29)19-13-16(10-11-18(19)30-6-3)25-20(27)14-31-17-9-7-8-15(12-17)21(22,23)24/h7-13H,4-6,14H2,1-3H3,(H,25,27). The molecule has 7 nitrogen and oxygen atoms in total. The van der Waals surface area contributed by atoms with E-state index >= 15 is 0 Å². The summed E-state index contributed by atoms with van der Waals surface area (Å²) in [6.07, 6.45) is -4.53. The van der Waals surface area contributed by atoms with Crippen LogP contribution >= 0.6 is 0 Å². The van der Waals surface area contributed by atoms with Crippen LogP contribution in [0.3, 0.4) is 0 Å². The number of alkyl halides is 3. The molecule has 0 aliphatic heterocycles. The first-order valence-electron chi connectivity index (χ1n) is 9.89. The molecule has 0 saturated carbocycles. The number of anilines is 1. The Hall–Kier alpha value is -2.79. The van der Waals surface area contributed by atoms with Crippen molar-refractivity contribution in [1.82, 2.24) is 4.31 Å². The van der Waals surface area contributed by atoms with E-state index in [0.717, 1.165) is 12.1 Å². The van der Waals surface area contributed by atoms with Gasteiger partial charge in [0, 0.05) is 18.8 Å². The number of carbonyl (C=O) groups excluding carboxylic acids is 1. The lowest BCUT2D eigenvalue weighted by Gasteiger charge is -2.21. The van der Waals surface area contributed by atoms with Crippen LogP contribution < -0.4 is 14.8 Å². The van der Waals surface area contributed by atoms with Gasteiger partial charge < -0.3 is 14.8 Å². The van der Waals surface area contributed by atoms with Gasteiger partial charge in [-0.1, -0.05) is 19.9 Å². The molecule has 0 atom stereocenters. The lowest BCUT2D eigenvalue weighted by atomic mass is 10.2. The predicted octanol–water partition coefficient (Wildman–Crippen LogP) is 4.15. The van der Waals surface area contributed by atoms with Crippen molar-refractivity contribution in [3.63, 3.8) is 0 Å². The van der Waals surface area contributed by atoms with Crippen molar-refractivity contribution in [3.05, 3.63) is 48.0 Å². The minimum absolute atomic E-state index is 0.0975. The molecular weight excluding hydrogens is 449 g/mol. The predicted molar refractivity (Wildman–Crippen MR) is 113 cm³/mol. The molecule has 0 spiro atoms. The number of carbonyl (C=O) groups is 1. The molecule has 2 rings (SSSR count). The van der Waals surface area contributed by atoms with Gasteiger partial charge in [0.05, 0.1) is 12.2 Å². The van der Waals surface area contributed by atoms with Crippen molar-refractivity contribution in [2.45, 2.75) is 31.8 Å². The van der Waals surface area contributed by atoms with Crippen LogP contribution in [0.25, 0.3) is 0 Å². The molecule has 0 radical (unpaired) electrons. The molecule has 0 bridgehead atoms. The highest BCUT2D eigenvalue weighted by molar-refractivity contribution is 7.89. The van der Waals surface area contributed by atoms with Gasteiger partial charge >= 0.3 is 6.18 Å². The molecule has 1 N–H and O–H groups in total. The van der Waals surface area contributed by atoms with Gasteiger partial charge in [-0.25, -0.2) is 8.42 Å². The Kier molecular flexibility index (Phi) is 8.51. The average molecular weight is 475 g/mol. The van der Waals surface area contributed by atoms with Crippen LogP contribution in [-0.4, -0.2) is 44.9 Å². The number of benzene rings is 2. The summed E-state index contributed by atoms with van der Waals surface area (Å²) in [6, 6.07) is 8.34. The van der Waals surface area contributed by atoms with Crippen molar-refractivity contribution in [3.8, 4) is 11.5 Å². The molecule has 1 amide bonds. The van der Waals surface area contributed by atoms with Gasteiger partial charge in [0.1, 0.15) is 16.4 Å². The van der Waals surface area contributed by atoms with E-state index in [-0.39, 0.29) is 41.8 Å². The zero-order valence-corrected chi connectivity index (χ0v) is 18.7. The zero-order chi connectivity index (χ0) is 23.9. The smallest absolute Gasteiger partial charge is 0.416 e. The number of nitrogens with zero attached hydrogens (tertiary/aromatic N) is 1. The molecule has 0 aliphatic carbocycles. The summed E-state index contributed by atoms with van der Waals surface area (Å²) in [5, 5.41) is 2.49. The van der Waals surface area contributed by atoms with Crippen LogP contribution in [0.15, 0.2) is 47.4 Å². The second-order valence-corrected chi connectivity index (χ2v) is 8.45. The molecule has 0 saturated heterocycles. The van der Waals surface area contributed by atoms with E-state index in [1.165, 1.54) is 34.6 Å². The fraction of sp³-hybridized carbons (Fsp3) is 0.381. The molecule has 176 valence electrons. The van der Waals surface area contributed by atoms with Gasteiger partial charge in [0.15, 0.2) is 6.61 Å². The van der Waals surface area contributed by atoms with Crippen LogP contribution in [0, 0.1) is 0 Å². The molecule has 2 aromatic carbocycles.